The van der Waals surface area contributed by atoms with E-state index in [-0.39, 0.29) is 20.4 Å². The number of hydrogen-bond acceptors (Lipinski definition) is 2. The van der Waals surface area contributed by atoms with E-state index in [1.165, 1.54) is 0 Å². The van der Waals surface area contributed by atoms with Crippen molar-refractivity contribution >= 4 is 0 Å². The quantitative estimate of drug-likeness (QED) is 0.468. The molecule has 2 N–H and O–H groups in total. The van der Waals surface area contributed by atoms with E-state index in [1.807, 2.05) is 0 Å². The third-order valence-corrected chi connectivity index (χ3v) is 0. The summed E-state index contributed by atoms with van der Waals surface area (Å²) in [6.45, 7) is 0. The van der Waals surface area contributed by atoms with Gasteiger partial charge in [-0.3, -0.25) is 0 Å². The minimum Gasteiger partial charge on any atom is -0.400 e. The minimum atomic E-state index is 0. The van der Waals surface area contributed by atoms with E-state index in [2.05, 4.69) is 0 Å². The van der Waals surface area contributed by atoms with Gasteiger partial charge in [0.1, 0.15) is 0 Å². The number of aliphatic hydroxyl groups excluding tert-OH is 2. The second-order valence-corrected chi connectivity index (χ2v) is 0. The molecule has 0 aliphatic rings. The molecule has 0 saturated heterocycles. The summed E-state index contributed by atoms with van der Waals surface area (Å²) < 4.78 is 0. The molecular weight excluding hydrogens is 162 g/mol. The van der Waals surface area contributed by atoms with Crippen LogP contribution in [0, 0.1) is 0 Å². The van der Waals surface area contributed by atoms with Crippen molar-refractivity contribution in [3.63, 3.8) is 0 Å². The van der Waals surface area contributed by atoms with Crippen LogP contribution >= 0.6 is 0 Å². The predicted octanol–water partition coefficient (Wildman–Crippen LogP) is -0.786. The summed E-state index contributed by atoms with van der Waals surface area (Å²) in [5.74, 6) is 0. The molecule has 0 unspecified atom stereocenters. The average Bonchev–Trinajstić information content (AvgIpc) is 1.50. The molecule has 0 aromatic rings. The molecule has 5 heavy (non-hydrogen) atoms. The second kappa shape index (κ2) is 173. The molecular formula is C2H8O2Pd. The van der Waals surface area contributed by atoms with E-state index < -0.39 is 0 Å². The van der Waals surface area contributed by atoms with Crippen LogP contribution in [0.25, 0.3) is 0 Å². The Kier molecular flexibility index (Phi) is 610. The van der Waals surface area contributed by atoms with Gasteiger partial charge in [-0.2, -0.15) is 0 Å². The van der Waals surface area contributed by atoms with Gasteiger partial charge in [-0.1, -0.05) is 0 Å². The van der Waals surface area contributed by atoms with Gasteiger partial charge in [-0.15, -0.1) is 0 Å². The van der Waals surface area contributed by atoms with Crippen LogP contribution in [0.1, 0.15) is 0 Å². The van der Waals surface area contributed by atoms with E-state index >= 15 is 0 Å². The van der Waals surface area contributed by atoms with Gasteiger partial charge >= 0.3 is 0 Å². The van der Waals surface area contributed by atoms with Crippen molar-refractivity contribution in [3.05, 3.63) is 0 Å². The molecule has 0 aliphatic carbocycles. The normalized spacial score (nSPS) is 2.40. The molecule has 0 fully saturated rings. The van der Waals surface area contributed by atoms with Crippen molar-refractivity contribution in [3.8, 4) is 0 Å². The monoisotopic (exact) mass is 170 g/mol. The Hall–Kier alpha value is 0.582. The first-order valence-corrected chi connectivity index (χ1v) is 0.894. The van der Waals surface area contributed by atoms with Crippen molar-refractivity contribution in [2.24, 2.45) is 0 Å². The molecule has 0 rings (SSSR count). The molecule has 0 spiro atoms. The molecule has 38 valence electrons. The first-order chi connectivity index (χ1) is 2.00. The van der Waals surface area contributed by atoms with Crippen LogP contribution in [-0.4, -0.2) is 24.4 Å². The molecule has 0 aromatic heterocycles. The van der Waals surface area contributed by atoms with Gasteiger partial charge in [0.15, 0.2) is 0 Å². The summed E-state index contributed by atoms with van der Waals surface area (Å²) in [6, 6.07) is 0. The van der Waals surface area contributed by atoms with Crippen molar-refractivity contribution in [1.82, 2.24) is 0 Å². The molecule has 3 heteroatoms. The maximum atomic E-state index is 7.00. The van der Waals surface area contributed by atoms with Crippen molar-refractivity contribution in [2.45, 2.75) is 0 Å². The van der Waals surface area contributed by atoms with Gasteiger partial charge in [0, 0.05) is 34.6 Å². The molecule has 0 bridgehead atoms. The van der Waals surface area contributed by atoms with Crippen molar-refractivity contribution in [2.75, 3.05) is 14.2 Å². The van der Waals surface area contributed by atoms with Gasteiger partial charge < -0.3 is 10.2 Å². The van der Waals surface area contributed by atoms with E-state index in [0.29, 0.717) is 0 Å². The Morgan fingerprint density at radius 2 is 0.800 bits per heavy atom. The zero-order valence-corrected chi connectivity index (χ0v) is 4.77. The first kappa shape index (κ1) is 17.6. The van der Waals surface area contributed by atoms with E-state index in [4.69, 9.17) is 10.2 Å². The Morgan fingerprint density at radius 3 is 0.800 bits per heavy atom. The number of rotatable bonds is 0. The summed E-state index contributed by atoms with van der Waals surface area (Å²) in [6.07, 6.45) is 0. The van der Waals surface area contributed by atoms with E-state index in [1.54, 1.807) is 0 Å². The van der Waals surface area contributed by atoms with E-state index in [0.717, 1.165) is 14.2 Å². The Balaban J connectivity index is -0.0000000133. The minimum absolute atomic E-state index is 0. The van der Waals surface area contributed by atoms with Gasteiger partial charge in [0.25, 0.3) is 0 Å². The number of hydrogen-bond donors (Lipinski definition) is 2. The Labute approximate surface area is 45.5 Å². The van der Waals surface area contributed by atoms with Gasteiger partial charge in [-0.05, 0) is 0 Å². The first-order valence-electron chi connectivity index (χ1n) is 0.894. The fourth-order valence-electron chi connectivity index (χ4n) is 0. The molecule has 2 nitrogen and oxygen atoms in total. The van der Waals surface area contributed by atoms with Crippen LogP contribution in [0.15, 0.2) is 0 Å². The molecule has 0 aromatic carbocycles. The zero-order valence-electron chi connectivity index (χ0n) is 3.21. The molecule has 0 saturated carbocycles. The molecule has 0 heterocycles. The third kappa shape index (κ3) is 90.1. The standard InChI is InChI=1S/2CH4O.Pd/c2*1-2;/h2*2H,1H3;. The van der Waals surface area contributed by atoms with Crippen LogP contribution in [0.4, 0.5) is 0 Å². The number of aliphatic hydroxyl groups is 2. The van der Waals surface area contributed by atoms with Gasteiger partial charge in [0.05, 0.1) is 0 Å². The third-order valence-electron chi connectivity index (χ3n) is 0. The van der Waals surface area contributed by atoms with E-state index in [9.17, 15) is 0 Å². The average molecular weight is 171 g/mol. The second-order valence-electron chi connectivity index (χ2n) is 0. The fourth-order valence-corrected chi connectivity index (χ4v) is 0. The molecule has 0 atom stereocenters. The summed E-state index contributed by atoms with van der Waals surface area (Å²) in [5.41, 5.74) is 0. The largest absolute Gasteiger partial charge is 0.400 e. The summed E-state index contributed by atoms with van der Waals surface area (Å²) in [7, 11) is 2.00. The summed E-state index contributed by atoms with van der Waals surface area (Å²) >= 11 is 0. The Morgan fingerprint density at radius 1 is 0.800 bits per heavy atom. The summed E-state index contributed by atoms with van der Waals surface area (Å²) in [5, 5.41) is 14.0. The maximum Gasteiger partial charge on any atom is 0.0319 e. The molecule has 0 radical (unpaired) electrons. The van der Waals surface area contributed by atoms with Crippen LogP contribution in [-0.2, 0) is 20.4 Å². The molecule has 0 aliphatic heterocycles. The van der Waals surface area contributed by atoms with Crippen LogP contribution in [0.3, 0.4) is 0 Å². The fraction of sp³-hybridized carbons (Fsp3) is 1.00. The van der Waals surface area contributed by atoms with Crippen LogP contribution in [0.5, 0.6) is 0 Å². The molecule has 0 amide bonds. The zero-order chi connectivity index (χ0) is 4.00. The maximum absolute atomic E-state index is 7.00. The van der Waals surface area contributed by atoms with Crippen molar-refractivity contribution < 1.29 is 30.6 Å². The van der Waals surface area contributed by atoms with Crippen LogP contribution < -0.4 is 0 Å². The summed E-state index contributed by atoms with van der Waals surface area (Å²) in [4.78, 5) is 0. The smallest absolute Gasteiger partial charge is 0.0319 e. The SMILES string of the molecule is CO.CO.[Pd]. The predicted molar refractivity (Wildman–Crippen MR) is 16.3 cm³/mol. The van der Waals surface area contributed by atoms with Crippen LogP contribution in [0.2, 0.25) is 0 Å². The topological polar surface area (TPSA) is 40.5 Å². The van der Waals surface area contributed by atoms with Gasteiger partial charge in [0.2, 0.25) is 0 Å². The Bertz CT molecular complexity index is 7.61. The van der Waals surface area contributed by atoms with Gasteiger partial charge in [-0.25, -0.2) is 0 Å². The van der Waals surface area contributed by atoms with Crippen molar-refractivity contribution in [1.29, 1.82) is 0 Å².